The number of carbonyl (C=O) groups excluding carboxylic acids is 1. The number of benzene rings is 1. The smallest absolute Gasteiger partial charge is 0.356 e. The molecule has 2 N–H and O–H groups in total. The van der Waals surface area contributed by atoms with E-state index in [1.54, 1.807) is 19.1 Å². The fourth-order valence-corrected chi connectivity index (χ4v) is 1.56. The van der Waals surface area contributed by atoms with Gasteiger partial charge in [-0.3, -0.25) is 9.48 Å². The molecular formula is C13H13N3O3. The van der Waals surface area contributed by atoms with Gasteiger partial charge in [0.05, 0.1) is 0 Å². The first-order valence-electron chi connectivity index (χ1n) is 5.72. The van der Waals surface area contributed by atoms with E-state index in [1.165, 1.54) is 16.9 Å². The molecular weight excluding hydrogens is 246 g/mol. The van der Waals surface area contributed by atoms with Crippen molar-refractivity contribution in [3.05, 3.63) is 48.3 Å². The number of anilines is 1. The maximum absolute atomic E-state index is 12.0. The van der Waals surface area contributed by atoms with E-state index < -0.39 is 12.0 Å². The number of hydrogen-bond acceptors (Lipinski definition) is 3. The topological polar surface area (TPSA) is 84.2 Å². The van der Waals surface area contributed by atoms with Crippen LogP contribution in [-0.2, 0) is 4.79 Å². The summed E-state index contributed by atoms with van der Waals surface area (Å²) in [6, 6.07) is 9.80. The highest BCUT2D eigenvalue weighted by molar-refractivity contribution is 5.93. The third-order valence-corrected chi connectivity index (χ3v) is 2.65. The van der Waals surface area contributed by atoms with Crippen LogP contribution in [0.15, 0.2) is 42.6 Å². The second kappa shape index (κ2) is 5.34. The van der Waals surface area contributed by atoms with Crippen molar-refractivity contribution < 1.29 is 14.7 Å². The lowest BCUT2D eigenvalue weighted by molar-refractivity contribution is -0.119. The summed E-state index contributed by atoms with van der Waals surface area (Å²) < 4.78 is 1.32. The molecule has 1 aromatic heterocycles. The average Bonchev–Trinajstić information content (AvgIpc) is 2.88. The van der Waals surface area contributed by atoms with E-state index >= 15 is 0 Å². The van der Waals surface area contributed by atoms with E-state index in [0.29, 0.717) is 5.69 Å². The number of carboxylic acids is 1. The highest BCUT2D eigenvalue weighted by Gasteiger charge is 2.17. The molecule has 0 radical (unpaired) electrons. The molecule has 0 bridgehead atoms. The molecule has 1 aromatic carbocycles. The lowest BCUT2D eigenvalue weighted by Gasteiger charge is -2.12. The number of rotatable bonds is 4. The number of nitrogens with one attached hydrogen (secondary N) is 1. The maximum atomic E-state index is 12.0. The van der Waals surface area contributed by atoms with Gasteiger partial charge in [0, 0.05) is 11.9 Å². The number of para-hydroxylation sites is 1. The molecule has 19 heavy (non-hydrogen) atoms. The summed E-state index contributed by atoms with van der Waals surface area (Å²) >= 11 is 0. The second-order valence-corrected chi connectivity index (χ2v) is 4.02. The highest BCUT2D eigenvalue weighted by Crippen LogP contribution is 2.11. The van der Waals surface area contributed by atoms with Gasteiger partial charge in [0.2, 0.25) is 5.91 Å². The van der Waals surface area contributed by atoms with Gasteiger partial charge in [-0.2, -0.15) is 5.10 Å². The molecule has 0 spiro atoms. The second-order valence-electron chi connectivity index (χ2n) is 4.02. The van der Waals surface area contributed by atoms with Gasteiger partial charge in [-0.15, -0.1) is 0 Å². The summed E-state index contributed by atoms with van der Waals surface area (Å²) in [4.78, 5) is 22.7. The zero-order valence-corrected chi connectivity index (χ0v) is 10.3. The minimum Gasteiger partial charge on any atom is -0.476 e. The summed E-state index contributed by atoms with van der Waals surface area (Å²) in [7, 11) is 0. The van der Waals surface area contributed by atoms with Gasteiger partial charge >= 0.3 is 5.97 Å². The molecule has 98 valence electrons. The van der Waals surface area contributed by atoms with Gasteiger partial charge < -0.3 is 10.4 Å². The van der Waals surface area contributed by atoms with Crippen LogP contribution < -0.4 is 5.32 Å². The number of nitrogens with zero attached hydrogens (tertiary/aromatic N) is 2. The fraction of sp³-hybridized carbons (Fsp3) is 0.154. The van der Waals surface area contributed by atoms with Crippen molar-refractivity contribution in [3.8, 4) is 0 Å². The van der Waals surface area contributed by atoms with Crippen molar-refractivity contribution in [3.63, 3.8) is 0 Å². The van der Waals surface area contributed by atoms with Gasteiger partial charge in [-0.05, 0) is 25.1 Å². The summed E-state index contributed by atoms with van der Waals surface area (Å²) in [6.07, 6.45) is 1.47. The van der Waals surface area contributed by atoms with Crippen LogP contribution in [0.3, 0.4) is 0 Å². The molecule has 2 aromatic rings. The van der Waals surface area contributed by atoms with Crippen LogP contribution >= 0.6 is 0 Å². The average molecular weight is 259 g/mol. The van der Waals surface area contributed by atoms with Crippen LogP contribution in [0.1, 0.15) is 23.5 Å². The molecule has 1 unspecified atom stereocenters. The van der Waals surface area contributed by atoms with Crippen LogP contribution in [0.4, 0.5) is 5.69 Å². The quantitative estimate of drug-likeness (QED) is 0.876. The predicted molar refractivity (Wildman–Crippen MR) is 69.0 cm³/mol. The standard InChI is InChI=1S/C13H13N3O3/c1-9(16-8-7-11(15-16)13(18)19)12(17)14-10-5-3-2-4-6-10/h2-9H,1H3,(H,14,17)(H,18,19). The molecule has 0 aliphatic carbocycles. The zero-order chi connectivity index (χ0) is 13.8. The molecule has 0 saturated heterocycles. The molecule has 2 rings (SSSR count). The molecule has 0 aliphatic rings. The van der Waals surface area contributed by atoms with Crippen molar-refractivity contribution in [2.45, 2.75) is 13.0 Å². The maximum Gasteiger partial charge on any atom is 0.356 e. The van der Waals surface area contributed by atoms with E-state index in [0.717, 1.165) is 0 Å². The monoisotopic (exact) mass is 259 g/mol. The first kappa shape index (κ1) is 12.8. The number of aromatic nitrogens is 2. The Labute approximate surface area is 109 Å². The first-order valence-corrected chi connectivity index (χ1v) is 5.72. The van der Waals surface area contributed by atoms with Crippen molar-refractivity contribution in [1.29, 1.82) is 0 Å². The third kappa shape index (κ3) is 2.98. The Morgan fingerprint density at radius 3 is 2.53 bits per heavy atom. The van der Waals surface area contributed by atoms with Crippen molar-refractivity contribution in [2.75, 3.05) is 5.32 Å². The molecule has 0 aliphatic heterocycles. The number of amides is 1. The van der Waals surface area contributed by atoms with Crippen LogP contribution in [0, 0.1) is 0 Å². The Hall–Kier alpha value is -2.63. The minimum absolute atomic E-state index is 0.0839. The van der Waals surface area contributed by atoms with Gasteiger partial charge in [0.1, 0.15) is 6.04 Å². The summed E-state index contributed by atoms with van der Waals surface area (Å²) in [5.74, 6) is -1.37. The number of aromatic carboxylic acids is 1. The Morgan fingerprint density at radius 1 is 1.26 bits per heavy atom. The zero-order valence-electron chi connectivity index (χ0n) is 10.3. The van der Waals surface area contributed by atoms with E-state index in [9.17, 15) is 9.59 Å². The molecule has 1 amide bonds. The van der Waals surface area contributed by atoms with Gasteiger partial charge in [-0.1, -0.05) is 18.2 Å². The largest absolute Gasteiger partial charge is 0.476 e. The number of carboxylic acid groups (broad SMARTS) is 1. The number of hydrogen-bond donors (Lipinski definition) is 2. The minimum atomic E-state index is -1.12. The Morgan fingerprint density at radius 2 is 1.95 bits per heavy atom. The normalized spacial score (nSPS) is 11.8. The Balaban J connectivity index is 2.08. The van der Waals surface area contributed by atoms with E-state index in [-0.39, 0.29) is 11.6 Å². The van der Waals surface area contributed by atoms with Gasteiger partial charge in [0.25, 0.3) is 0 Å². The summed E-state index contributed by atoms with van der Waals surface area (Å²) in [6.45, 7) is 1.65. The molecule has 1 atom stereocenters. The predicted octanol–water partition coefficient (Wildman–Crippen LogP) is 1.78. The first-order chi connectivity index (χ1) is 9.08. The fourth-order valence-electron chi connectivity index (χ4n) is 1.56. The van der Waals surface area contributed by atoms with E-state index in [4.69, 9.17) is 5.11 Å². The lowest BCUT2D eigenvalue weighted by Crippen LogP contribution is -2.24. The third-order valence-electron chi connectivity index (χ3n) is 2.65. The highest BCUT2D eigenvalue weighted by atomic mass is 16.4. The van der Waals surface area contributed by atoms with Crippen molar-refractivity contribution >= 4 is 17.6 Å². The molecule has 1 heterocycles. The molecule has 0 fully saturated rings. The Kier molecular flexibility index (Phi) is 3.61. The van der Waals surface area contributed by atoms with Crippen molar-refractivity contribution in [2.24, 2.45) is 0 Å². The van der Waals surface area contributed by atoms with E-state index in [1.807, 2.05) is 18.2 Å². The lowest BCUT2D eigenvalue weighted by atomic mass is 10.3. The van der Waals surface area contributed by atoms with Crippen molar-refractivity contribution in [1.82, 2.24) is 9.78 Å². The van der Waals surface area contributed by atoms with Gasteiger partial charge in [0.15, 0.2) is 5.69 Å². The molecule has 6 nitrogen and oxygen atoms in total. The Bertz CT molecular complexity index is 592. The van der Waals surface area contributed by atoms with Crippen LogP contribution in [0.25, 0.3) is 0 Å². The molecule has 0 saturated carbocycles. The van der Waals surface area contributed by atoms with Crippen LogP contribution in [-0.4, -0.2) is 26.8 Å². The van der Waals surface area contributed by atoms with Crippen LogP contribution in [0.5, 0.6) is 0 Å². The number of carbonyl (C=O) groups is 2. The summed E-state index contributed by atoms with van der Waals surface area (Å²) in [5, 5.41) is 15.3. The van der Waals surface area contributed by atoms with E-state index in [2.05, 4.69) is 10.4 Å². The summed E-state index contributed by atoms with van der Waals surface area (Å²) in [5.41, 5.74) is 0.601. The van der Waals surface area contributed by atoms with Crippen LogP contribution in [0.2, 0.25) is 0 Å². The van der Waals surface area contributed by atoms with Gasteiger partial charge in [-0.25, -0.2) is 4.79 Å². The molecule has 6 heteroatoms. The SMILES string of the molecule is CC(C(=O)Nc1ccccc1)n1ccc(C(=O)O)n1.